The van der Waals surface area contributed by atoms with Gasteiger partial charge in [-0.2, -0.15) is 0 Å². The first-order valence-electron chi connectivity index (χ1n) is 8.11. The van der Waals surface area contributed by atoms with Gasteiger partial charge in [0.05, 0.1) is 6.61 Å². The summed E-state index contributed by atoms with van der Waals surface area (Å²) >= 11 is 2.34. The van der Waals surface area contributed by atoms with Crippen LogP contribution in [0.2, 0.25) is 0 Å². The molecule has 0 radical (unpaired) electrons. The van der Waals surface area contributed by atoms with Crippen LogP contribution in [-0.2, 0) is 27.7 Å². The zero-order chi connectivity index (χ0) is 18.4. The predicted octanol–water partition coefficient (Wildman–Crippen LogP) is 4.67. The van der Waals surface area contributed by atoms with E-state index in [4.69, 9.17) is 13.6 Å². The Kier molecular flexibility index (Phi) is 14.4. The Hall–Kier alpha value is 0.150. The summed E-state index contributed by atoms with van der Waals surface area (Å²) in [6, 6.07) is 0. The van der Waals surface area contributed by atoms with Crippen LogP contribution in [0.15, 0.2) is 0 Å². The van der Waals surface area contributed by atoms with Gasteiger partial charge in [-0.1, -0.05) is 50.2 Å². The number of phosphoric acid groups is 1. The number of rotatable bonds is 14. The van der Waals surface area contributed by atoms with Crippen LogP contribution in [-0.4, -0.2) is 42.1 Å². The quantitative estimate of drug-likeness (QED) is 0.389. The van der Waals surface area contributed by atoms with Crippen LogP contribution >= 0.6 is 31.3 Å². The Labute approximate surface area is 153 Å². The van der Waals surface area contributed by atoms with Gasteiger partial charge in [0.15, 0.2) is 10.2 Å². The third-order valence-corrected chi connectivity index (χ3v) is 6.83. The highest BCUT2D eigenvalue weighted by Gasteiger charge is 2.26. The summed E-state index contributed by atoms with van der Waals surface area (Å²) in [4.78, 5) is 23.8. The standard InChI is InChI=1S/C15H29O6PS2/c1-5-7-9-14(16)23-12-13(24-15(17)10-8-6-2)11-21-22(18,19-3)20-4/h13H,5-12H2,1-4H3/t13-/m0/s1. The molecule has 142 valence electrons. The van der Waals surface area contributed by atoms with Crippen LogP contribution in [0.4, 0.5) is 0 Å². The fourth-order valence-corrected chi connectivity index (χ4v) is 4.44. The first-order chi connectivity index (χ1) is 11.4. The van der Waals surface area contributed by atoms with Crippen LogP contribution in [0.5, 0.6) is 0 Å². The lowest BCUT2D eigenvalue weighted by Gasteiger charge is -2.18. The van der Waals surface area contributed by atoms with Gasteiger partial charge in [-0.05, 0) is 12.8 Å². The van der Waals surface area contributed by atoms with Crippen molar-refractivity contribution in [2.75, 3.05) is 26.6 Å². The van der Waals surface area contributed by atoms with Crippen molar-refractivity contribution >= 4 is 41.6 Å². The number of phosphoric ester groups is 1. The van der Waals surface area contributed by atoms with Gasteiger partial charge < -0.3 is 0 Å². The highest BCUT2D eigenvalue weighted by atomic mass is 32.2. The van der Waals surface area contributed by atoms with Gasteiger partial charge in [0.2, 0.25) is 0 Å². The van der Waals surface area contributed by atoms with Crippen LogP contribution in [0.1, 0.15) is 52.4 Å². The maximum atomic E-state index is 12.0. The molecule has 0 amide bonds. The highest BCUT2D eigenvalue weighted by molar-refractivity contribution is 8.17. The average molecular weight is 400 g/mol. The molecule has 24 heavy (non-hydrogen) atoms. The van der Waals surface area contributed by atoms with E-state index in [0.29, 0.717) is 18.6 Å². The van der Waals surface area contributed by atoms with E-state index in [0.717, 1.165) is 37.4 Å². The van der Waals surface area contributed by atoms with Crippen molar-refractivity contribution < 1.29 is 27.7 Å². The second-order valence-corrected chi connectivity index (χ2v) is 9.43. The van der Waals surface area contributed by atoms with E-state index in [-0.39, 0.29) is 22.1 Å². The van der Waals surface area contributed by atoms with Gasteiger partial charge in [-0.3, -0.25) is 23.2 Å². The first-order valence-corrected chi connectivity index (χ1v) is 11.4. The van der Waals surface area contributed by atoms with Crippen LogP contribution in [0.3, 0.4) is 0 Å². The second kappa shape index (κ2) is 14.3. The van der Waals surface area contributed by atoms with Gasteiger partial charge in [-0.15, -0.1) is 0 Å². The summed E-state index contributed by atoms with van der Waals surface area (Å²) in [5, 5.41) is -0.120. The Morgan fingerprint density at radius 3 is 2.04 bits per heavy atom. The van der Waals surface area contributed by atoms with E-state index in [2.05, 4.69) is 0 Å². The van der Waals surface area contributed by atoms with E-state index < -0.39 is 7.82 Å². The second-order valence-electron chi connectivity index (χ2n) is 5.11. The van der Waals surface area contributed by atoms with Crippen molar-refractivity contribution in [2.24, 2.45) is 0 Å². The highest BCUT2D eigenvalue weighted by Crippen LogP contribution is 2.48. The zero-order valence-electron chi connectivity index (χ0n) is 14.9. The van der Waals surface area contributed by atoms with E-state index in [1.807, 2.05) is 13.8 Å². The molecule has 0 spiro atoms. The maximum absolute atomic E-state index is 12.0. The number of hydrogen-bond donors (Lipinski definition) is 0. The van der Waals surface area contributed by atoms with Crippen LogP contribution in [0, 0.1) is 0 Å². The normalized spacial score (nSPS) is 13.0. The fraction of sp³-hybridized carbons (Fsp3) is 0.867. The van der Waals surface area contributed by atoms with Gasteiger partial charge >= 0.3 is 7.82 Å². The summed E-state index contributed by atoms with van der Waals surface area (Å²) in [6.07, 6.45) is 4.61. The lowest BCUT2D eigenvalue weighted by Crippen LogP contribution is -2.18. The molecule has 6 nitrogen and oxygen atoms in total. The van der Waals surface area contributed by atoms with E-state index in [9.17, 15) is 14.2 Å². The lowest BCUT2D eigenvalue weighted by atomic mass is 10.3. The smallest absolute Gasteiger partial charge is 0.290 e. The Balaban J connectivity index is 4.55. The molecule has 0 fully saturated rings. The van der Waals surface area contributed by atoms with Crippen molar-refractivity contribution in [2.45, 2.75) is 57.6 Å². The largest absolute Gasteiger partial charge is 0.474 e. The molecule has 0 aromatic carbocycles. The monoisotopic (exact) mass is 400 g/mol. The van der Waals surface area contributed by atoms with E-state index >= 15 is 0 Å². The van der Waals surface area contributed by atoms with Crippen molar-refractivity contribution in [3.63, 3.8) is 0 Å². The molecule has 1 atom stereocenters. The SMILES string of the molecule is CCCCC(=O)SC[C@H](COP(=O)(OC)OC)SC(=O)CCCC. The summed E-state index contributed by atoms with van der Waals surface area (Å²) in [5.41, 5.74) is 0. The number of thioether (sulfide) groups is 2. The molecule has 0 aliphatic heterocycles. The van der Waals surface area contributed by atoms with Crippen molar-refractivity contribution in [1.82, 2.24) is 0 Å². The molecule has 0 heterocycles. The molecule has 0 saturated carbocycles. The Bertz CT molecular complexity index is 411. The van der Waals surface area contributed by atoms with Crippen molar-refractivity contribution in [3.05, 3.63) is 0 Å². The zero-order valence-corrected chi connectivity index (χ0v) is 17.5. The minimum absolute atomic E-state index is 0.0234. The lowest BCUT2D eigenvalue weighted by molar-refractivity contribution is -0.111. The summed E-state index contributed by atoms with van der Waals surface area (Å²) < 4.78 is 26.6. The van der Waals surface area contributed by atoms with E-state index in [1.165, 1.54) is 26.0 Å². The maximum Gasteiger partial charge on any atom is 0.474 e. The van der Waals surface area contributed by atoms with Gasteiger partial charge in [0.25, 0.3) is 0 Å². The van der Waals surface area contributed by atoms with Crippen molar-refractivity contribution in [1.29, 1.82) is 0 Å². The number of hydrogen-bond acceptors (Lipinski definition) is 8. The molecular weight excluding hydrogens is 371 g/mol. The Morgan fingerprint density at radius 2 is 1.54 bits per heavy atom. The predicted molar refractivity (Wildman–Crippen MR) is 100 cm³/mol. The molecule has 0 aromatic rings. The molecule has 0 unspecified atom stereocenters. The number of carbonyl (C=O) groups excluding carboxylic acids is 2. The summed E-state index contributed by atoms with van der Waals surface area (Å²) in [7, 11) is -1.11. The summed E-state index contributed by atoms with van der Waals surface area (Å²) in [6.45, 7) is 4.08. The molecule has 0 saturated heterocycles. The molecule has 0 N–H and O–H groups in total. The first kappa shape index (κ1) is 24.1. The Morgan fingerprint density at radius 1 is 1.00 bits per heavy atom. The third-order valence-electron chi connectivity index (χ3n) is 3.06. The van der Waals surface area contributed by atoms with Gasteiger partial charge in [-0.25, -0.2) is 4.57 Å². The van der Waals surface area contributed by atoms with Gasteiger partial charge in [0, 0.05) is 38.1 Å². The average Bonchev–Trinajstić information content (AvgIpc) is 2.59. The van der Waals surface area contributed by atoms with Gasteiger partial charge in [0.1, 0.15) is 0 Å². The molecule has 9 heteroatoms. The molecule has 0 aliphatic rings. The molecule has 0 aromatic heterocycles. The minimum atomic E-state index is -3.58. The fourth-order valence-electron chi connectivity index (χ4n) is 1.62. The topological polar surface area (TPSA) is 78.9 Å². The molecule has 0 rings (SSSR count). The minimum Gasteiger partial charge on any atom is -0.290 e. The van der Waals surface area contributed by atoms with Crippen LogP contribution < -0.4 is 0 Å². The van der Waals surface area contributed by atoms with E-state index in [1.54, 1.807) is 0 Å². The van der Waals surface area contributed by atoms with Crippen LogP contribution in [0.25, 0.3) is 0 Å². The molecular formula is C15H29O6PS2. The summed E-state index contributed by atoms with van der Waals surface area (Å²) in [5.74, 6) is 0.429. The number of unbranched alkanes of at least 4 members (excludes halogenated alkanes) is 2. The van der Waals surface area contributed by atoms with Crippen molar-refractivity contribution in [3.8, 4) is 0 Å². The number of carbonyl (C=O) groups is 2. The molecule has 0 bridgehead atoms. The third kappa shape index (κ3) is 11.7. The molecule has 0 aliphatic carbocycles.